The molecule has 0 saturated carbocycles. The third-order valence-electron chi connectivity index (χ3n) is 3.72. The largest absolute Gasteiger partial charge is 0.416 e. The van der Waals surface area contributed by atoms with Crippen molar-refractivity contribution in [2.75, 3.05) is 19.6 Å². The van der Waals surface area contributed by atoms with E-state index in [0.29, 0.717) is 18.0 Å². The summed E-state index contributed by atoms with van der Waals surface area (Å²) in [6.07, 6.45) is 6.79. The number of piperidine rings is 1. The van der Waals surface area contributed by atoms with Gasteiger partial charge in [0.25, 0.3) is 0 Å². The molecule has 0 radical (unpaired) electrons. The number of hydrogen-bond donors (Lipinski definition) is 0. The predicted octanol–water partition coefficient (Wildman–Crippen LogP) is 4.06. The first-order chi connectivity index (χ1) is 9.99. The fraction of sp³-hybridized carbons (Fsp3) is 0.412. The fourth-order valence-corrected chi connectivity index (χ4v) is 2.50. The standard InChI is InChI=1S/C17H18F3N/c1-2-10-21-11-8-14(9-12-21)6-7-15-4-3-5-16(13-15)17(18,19)20/h1,3-7,13-14H,8-12H2/b7-6+. The molecule has 21 heavy (non-hydrogen) atoms. The Morgan fingerprint density at radius 2 is 2.00 bits per heavy atom. The maximum atomic E-state index is 12.6. The van der Waals surface area contributed by atoms with Gasteiger partial charge in [-0.15, -0.1) is 6.42 Å². The number of benzene rings is 1. The van der Waals surface area contributed by atoms with Gasteiger partial charge in [-0.1, -0.05) is 30.2 Å². The van der Waals surface area contributed by atoms with E-state index in [1.165, 1.54) is 12.1 Å². The summed E-state index contributed by atoms with van der Waals surface area (Å²) < 4.78 is 37.9. The van der Waals surface area contributed by atoms with Gasteiger partial charge in [0.05, 0.1) is 12.1 Å². The van der Waals surface area contributed by atoms with E-state index in [1.807, 2.05) is 6.08 Å². The molecule has 1 aromatic rings. The fourth-order valence-electron chi connectivity index (χ4n) is 2.50. The van der Waals surface area contributed by atoms with Gasteiger partial charge in [-0.25, -0.2) is 0 Å². The molecule has 2 rings (SSSR count). The quantitative estimate of drug-likeness (QED) is 0.760. The van der Waals surface area contributed by atoms with E-state index in [0.717, 1.165) is 32.0 Å². The van der Waals surface area contributed by atoms with E-state index in [2.05, 4.69) is 10.8 Å². The predicted molar refractivity (Wildman–Crippen MR) is 78.5 cm³/mol. The maximum Gasteiger partial charge on any atom is 0.416 e. The molecule has 4 heteroatoms. The van der Waals surface area contributed by atoms with Gasteiger partial charge < -0.3 is 0 Å². The van der Waals surface area contributed by atoms with Crippen LogP contribution in [0.15, 0.2) is 30.3 Å². The molecule has 1 aliphatic rings. The van der Waals surface area contributed by atoms with Crippen LogP contribution < -0.4 is 0 Å². The number of rotatable bonds is 3. The highest BCUT2D eigenvalue weighted by atomic mass is 19.4. The van der Waals surface area contributed by atoms with Crippen LogP contribution in [0.1, 0.15) is 24.0 Å². The van der Waals surface area contributed by atoms with Gasteiger partial charge in [0.1, 0.15) is 0 Å². The van der Waals surface area contributed by atoms with Crippen LogP contribution in [0.2, 0.25) is 0 Å². The van der Waals surface area contributed by atoms with Crippen molar-refractivity contribution in [3.05, 3.63) is 41.5 Å². The molecule has 1 saturated heterocycles. The van der Waals surface area contributed by atoms with E-state index < -0.39 is 11.7 Å². The van der Waals surface area contributed by atoms with Gasteiger partial charge in [0, 0.05) is 0 Å². The van der Waals surface area contributed by atoms with Gasteiger partial charge >= 0.3 is 6.18 Å². The number of hydrogen-bond acceptors (Lipinski definition) is 1. The number of allylic oxidation sites excluding steroid dienone is 1. The second-order valence-electron chi connectivity index (χ2n) is 5.30. The first-order valence-electron chi connectivity index (χ1n) is 7.00. The lowest BCUT2D eigenvalue weighted by Crippen LogP contribution is -2.33. The molecule has 0 aliphatic carbocycles. The summed E-state index contributed by atoms with van der Waals surface area (Å²) in [5, 5.41) is 0. The van der Waals surface area contributed by atoms with Crippen molar-refractivity contribution in [2.24, 2.45) is 5.92 Å². The maximum absolute atomic E-state index is 12.6. The van der Waals surface area contributed by atoms with Crippen LogP contribution in [0.5, 0.6) is 0 Å². The van der Waals surface area contributed by atoms with Crippen LogP contribution in [0.3, 0.4) is 0 Å². The molecular formula is C17H18F3N. The Bertz CT molecular complexity index is 532. The average Bonchev–Trinajstić information content (AvgIpc) is 2.46. The Morgan fingerprint density at radius 3 is 2.62 bits per heavy atom. The monoisotopic (exact) mass is 293 g/mol. The summed E-state index contributed by atoms with van der Waals surface area (Å²) in [7, 11) is 0. The SMILES string of the molecule is C#CCN1CCC(/C=C/c2cccc(C(F)(F)F)c2)CC1. The number of nitrogens with zero attached hydrogens (tertiary/aromatic N) is 1. The number of alkyl halides is 3. The molecule has 112 valence electrons. The van der Waals surface area contributed by atoms with Crippen molar-refractivity contribution in [1.82, 2.24) is 4.90 Å². The van der Waals surface area contributed by atoms with Gasteiger partial charge in [-0.05, 0) is 49.5 Å². The average molecular weight is 293 g/mol. The highest BCUT2D eigenvalue weighted by Crippen LogP contribution is 2.30. The van der Waals surface area contributed by atoms with Crippen molar-refractivity contribution in [1.29, 1.82) is 0 Å². The van der Waals surface area contributed by atoms with E-state index in [4.69, 9.17) is 6.42 Å². The van der Waals surface area contributed by atoms with E-state index in [1.54, 1.807) is 12.1 Å². The molecule has 1 heterocycles. The highest BCUT2D eigenvalue weighted by molar-refractivity contribution is 5.51. The molecule has 0 bridgehead atoms. The molecule has 1 aromatic carbocycles. The van der Waals surface area contributed by atoms with Crippen LogP contribution in [-0.2, 0) is 6.18 Å². The van der Waals surface area contributed by atoms with Crippen LogP contribution in [0.25, 0.3) is 6.08 Å². The van der Waals surface area contributed by atoms with Crippen molar-refractivity contribution >= 4 is 6.08 Å². The van der Waals surface area contributed by atoms with Crippen LogP contribution in [-0.4, -0.2) is 24.5 Å². The van der Waals surface area contributed by atoms with E-state index in [-0.39, 0.29) is 0 Å². The number of halogens is 3. The minimum absolute atomic E-state index is 0.411. The first kappa shape index (κ1) is 15.7. The summed E-state index contributed by atoms with van der Waals surface area (Å²) in [5.74, 6) is 3.04. The lowest BCUT2D eigenvalue weighted by molar-refractivity contribution is -0.137. The Hall–Kier alpha value is -1.73. The summed E-state index contributed by atoms with van der Waals surface area (Å²) in [6, 6.07) is 5.41. The summed E-state index contributed by atoms with van der Waals surface area (Å²) in [6.45, 7) is 2.56. The molecule has 1 nitrogen and oxygen atoms in total. The van der Waals surface area contributed by atoms with Crippen LogP contribution >= 0.6 is 0 Å². The Labute approximate surface area is 123 Å². The molecule has 0 spiro atoms. The molecule has 0 unspecified atom stereocenters. The molecule has 1 aliphatic heterocycles. The Morgan fingerprint density at radius 1 is 1.29 bits per heavy atom. The Balaban J connectivity index is 1.95. The second-order valence-corrected chi connectivity index (χ2v) is 5.30. The molecule has 0 N–H and O–H groups in total. The third kappa shape index (κ3) is 4.64. The van der Waals surface area contributed by atoms with Crippen molar-refractivity contribution in [3.63, 3.8) is 0 Å². The third-order valence-corrected chi connectivity index (χ3v) is 3.72. The van der Waals surface area contributed by atoms with Crippen LogP contribution in [0.4, 0.5) is 13.2 Å². The summed E-state index contributed by atoms with van der Waals surface area (Å²) >= 11 is 0. The van der Waals surface area contributed by atoms with Gasteiger partial charge in [0.15, 0.2) is 0 Å². The first-order valence-corrected chi connectivity index (χ1v) is 7.00. The number of terminal acetylenes is 1. The van der Waals surface area contributed by atoms with E-state index in [9.17, 15) is 13.2 Å². The minimum atomic E-state index is -4.29. The lowest BCUT2D eigenvalue weighted by atomic mass is 9.95. The zero-order valence-electron chi connectivity index (χ0n) is 11.7. The topological polar surface area (TPSA) is 3.24 Å². The molecule has 0 amide bonds. The zero-order chi connectivity index (χ0) is 15.3. The number of likely N-dealkylation sites (tertiary alicyclic amines) is 1. The lowest BCUT2D eigenvalue weighted by Gasteiger charge is -2.28. The molecular weight excluding hydrogens is 275 g/mol. The van der Waals surface area contributed by atoms with Gasteiger partial charge in [-0.3, -0.25) is 4.90 Å². The van der Waals surface area contributed by atoms with E-state index >= 15 is 0 Å². The van der Waals surface area contributed by atoms with Crippen molar-refractivity contribution in [2.45, 2.75) is 19.0 Å². The summed E-state index contributed by atoms with van der Waals surface area (Å²) in [5.41, 5.74) is -0.00984. The van der Waals surface area contributed by atoms with Gasteiger partial charge in [-0.2, -0.15) is 13.2 Å². The highest BCUT2D eigenvalue weighted by Gasteiger charge is 2.30. The summed E-state index contributed by atoms with van der Waals surface area (Å²) in [4.78, 5) is 2.22. The normalized spacial score (nSPS) is 18.0. The molecule has 1 fully saturated rings. The smallest absolute Gasteiger partial charge is 0.292 e. The van der Waals surface area contributed by atoms with Crippen molar-refractivity contribution in [3.8, 4) is 12.3 Å². The Kier molecular flexibility index (Phi) is 5.08. The molecule has 0 atom stereocenters. The van der Waals surface area contributed by atoms with Crippen LogP contribution in [0, 0.1) is 18.3 Å². The molecule has 0 aromatic heterocycles. The van der Waals surface area contributed by atoms with Gasteiger partial charge in [0.2, 0.25) is 0 Å². The van der Waals surface area contributed by atoms with Crippen molar-refractivity contribution < 1.29 is 13.2 Å². The zero-order valence-corrected chi connectivity index (χ0v) is 11.7. The second kappa shape index (κ2) is 6.82. The minimum Gasteiger partial charge on any atom is -0.292 e.